The molecular formula is C18H19NO4S2. The van der Waals surface area contributed by atoms with Crippen LogP contribution >= 0.6 is 11.8 Å². The number of nitrogens with zero attached hydrogens (tertiary/aromatic N) is 1. The van der Waals surface area contributed by atoms with E-state index in [0.29, 0.717) is 4.90 Å². The number of oxime groups is 1. The first-order valence-electron chi connectivity index (χ1n) is 7.35. The van der Waals surface area contributed by atoms with Gasteiger partial charge in [-0.25, -0.2) is 9.00 Å². The number of ether oxygens (including phenoxy) is 1. The molecule has 1 atom stereocenters. The molecule has 0 aliphatic heterocycles. The standard InChI is InChI=1S/C18H19NO4S2/c1-13-5-9-15(10-6-13)24-17(18(20)22-3)19-23-25(4,21)16-11-7-14(2)8-12-16/h5-12H,4H2,1-3H3. The summed E-state index contributed by atoms with van der Waals surface area (Å²) < 4.78 is 22.4. The van der Waals surface area contributed by atoms with E-state index >= 15 is 0 Å². The van der Waals surface area contributed by atoms with Gasteiger partial charge in [0, 0.05) is 4.90 Å². The summed E-state index contributed by atoms with van der Waals surface area (Å²) in [5.74, 6) is 2.91. The van der Waals surface area contributed by atoms with Crippen molar-refractivity contribution in [3.05, 3.63) is 59.7 Å². The quantitative estimate of drug-likeness (QED) is 0.203. The number of carbonyl (C=O) groups is 1. The first-order chi connectivity index (χ1) is 11.8. The molecule has 0 bridgehead atoms. The lowest BCUT2D eigenvalue weighted by Gasteiger charge is -2.09. The van der Waals surface area contributed by atoms with Gasteiger partial charge in [-0.15, -0.1) is 0 Å². The van der Waals surface area contributed by atoms with E-state index < -0.39 is 15.8 Å². The number of rotatable bonds is 4. The van der Waals surface area contributed by atoms with Crippen LogP contribution in [0.15, 0.2) is 63.5 Å². The highest BCUT2D eigenvalue weighted by Crippen LogP contribution is 2.22. The summed E-state index contributed by atoms with van der Waals surface area (Å²) in [6.07, 6.45) is 0. The highest BCUT2D eigenvalue weighted by molar-refractivity contribution is 8.15. The average molecular weight is 377 g/mol. The molecular weight excluding hydrogens is 358 g/mol. The number of aryl methyl sites for hydroxylation is 2. The second-order valence-corrected chi connectivity index (χ2v) is 8.22. The van der Waals surface area contributed by atoms with Gasteiger partial charge in [0.15, 0.2) is 9.80 Å². The van der Waals surface area contributed by atoms with Crippen LogP contribution in [-0.2, 0) is 23.6 Å². The summed E-state index contributed by atoms with van der Waals surface area (Å²) in [7, 11) is -1.88. The van der Waals surface area contributed by atoms with Gasteiger partial charge in [-0.3, -0.25) is 4.28 Å². The van der Waals surface area contributed by atoms with E-state index in [-0.39, 0.29) is 5.04 Å². The van der Waals surface area contributed by atoms with E-state index in [0.717, 1.165) is 27.8 Å². The molecule has 0 aromatic heterocycles. The summed E-state index contributed by atoms with van der Waals surface area (Å²) >= 11 is 1.07. The van der Waals surface area contributed by atoms with Crippen molar-refractivity contribution in [3.63, 3.8) is 0 Å². The minimum atomic E-state index is -3.12. The third-order valence-electron chi connectivity index (χ3n) is 3.22. The third kappa shape index (κ3) is 5.37. The Morgan fingerprint density at radius 2 is 1.56 bits per heavy atom. The minimum absolute atomic E-state index is 0.0603. The Kier molecular flexibility index (Phi) is 6.27. The molecule has 0 saturated heterocycles. The van der Waals surface area contributed by atoms with Crippen LogP contribution in [0.2, 0.25) is 0 Å². The second kappa shape index (κ2) is 8.22. The Hall–Kier alpha value is -2.25. The van der Waals surface area contributed by atoms with Crippen LogP contribution in [0.5, 0.6) is 0 Å². The second-order valence-electron chi connectivity index (χ2n) is 5.31. The molecule has 2 aromatic carbocycles. The number of benzene rings is 2. The number of esters is 1. The highest BCUT2D eigenvalue weighted by Gasteiger charge is 2.17. The van der Waals surface area contributed by atoms with Crippen molar-refractivity contribution in [2.75, 3.05) is 7.11 Å². The maximum atomic E-state index is 12.6. The van der Waals surface area contributed by atoms with E-state index in [2.05, 4.69) is 11.0 Å². The van der Waals surface area contributed by atoms with Gasteiger partial charge in [-0.2, -0.15) is 0 Å². The summed E-state index contributed by atoms with van der Waals surface area (Å²) in [5, 5.41) is 3.69. The number of carbonyl (C=O) groups excluding carboxylic acids is 1. The van der Waals surface area contributed by atoms with Crippen LogP contribution in [0.4, 0.5) is 0 Å². The van der Waals surface area contributed by atoms with Crippen LogP contribution in [0.25, 0.3) is 0 Å². The third-order valence-corrected chi connectivity index (χ3v) is 5.46. The van der Waals surface area contributed by atoms with Crippen molar-refractivity contribution in [2.45, 2.75) is 23.6 Å². The van der Waals surface area contributed by atoms with E-state index in [1.165, 1.54) is 7.11 Å². The van der Waals surface area contributed by atoms with Crippen LogP contribution in [0, 0.1) is 13.8 Å². The van der Waals surface area contributed by atoms with Gasteiger partial charge >= 0.3 is 5.97 Å². The predicted molar refractivity (Wildman–Crippen MR) is 102 cm³/mol. The van der Waals surface area contributed by atoms with E-state index in [4.69, 9.17) is 9.02 Å². The highest BCUT2D eigenvalue weighted by atomic mass is 32.2. The molecule has 0 N–H and O–H groups in total. The molecule has 7 heteroatoms. The number of hydrogen-bond donors (Lipinski definition) is 0. The van der Waals surface area contributed by atoms with Crippen molar-refractivity contribution in [1.82, 2.24) is 0 Å². The molecule has 1 unspecified atom stereocenters. The Balaban J connectivity index is 2.23. The molecule has 0 aliphatic rings. The van der Waals surface area contributed by atoms with Crippen LogP contribution in [-0.4, -0.2) is 28.2 Å². The fourth-order valence-electron chi connectivity index (χ4n) is 1.79. The van der Waals surface area contributed by atoms with E-state index in [9.17, 15) is 9.00 Å². The molecule has 2 aromatic rings. The molecule has 0 fully saturated rings. The van der Waals surface area contributed by atoms with Crippen molar-refractivity contribution >= 4 is 38.4 Å². The normalized spacial score (nSPS) is 13.8. The first-order valence-corrected chi connectivity index (χ1v) is 9.82. The van der Waals surface area contributed by atoms with Gasteiger partial charge in [0.2, 0.25) is 5.04 Å². The fourth-order valence-corrected chi connectivity index (χ4v) is 3.40. The van der Waals surface area contributed by atoms with Gasteiger partial charge in [-0.05, 0) is 44.0 Å². The topological polar surface area (TPSA) is 65.0 Å². The first kappa shape index (κ1) is 19.1. The Labute approximate surface area is 152 Å². The SMILES string of the molecule is C=S(=O)(ON=C(Sc1ccc(C)cc1)C(=O)OC)c1ccc(C)cc1. The van der Waals surface area contributed by atoms with Crippen molar-refractivity contribution in [3.8, 4) is 0 Å². The van der Waals surface area contributed by atoms with Gasteiger partial charge < -0.3 is 4.74 Å². The minimum Gasteiger partial charge on any atom is -0.464 e. The molecule has 5 nitrogen and oxygen atoms in total. The predicted octanol–water partition coefficient (Wildman–Crippen LogP) is 3.59. The summed E-state index contributed by atoms with van der Waals surface area (Å²) in [4.78, 5) is 13.1. The molecule has 0 spiro atoms. The van der Waals surface area contributed by atoms with Crippen molar-refractivity contribution in [2.24, 2.45) is 5.16 Å². The van der Waals surface area contributed by atoms with Crippen LogP contribution in [0.1, 0.15) is 11.1 Å². The van der Waals surface area contributed by atoms with Crippen LogP contribution in [0.3, 0.4) is 0 Å². The molecule has 2 rings (SSSR count). The molecule has 0 heterocycles. The largest absolute Gasteiger partial charge is 0.464 e. The molecule has 0 aliphatic carbocycles. The summed E-state index contributed by atoms with van der Waals surface area (Å²) in [6.45, 7) is 3.88. The lowest BCUT2D eigenvalue weighted by atomic mass is 10.2. The lowest BCUT2D eigenvalue weighted by molar-refractivity contribution is -0.132. The zero-order valence-electron chi connectivity index (χ0n) is 14.2. The summed E-state index contributed by atoms with van der Waals surface area (Å²) in [6, 6.07) is 14.4. The van der Waals surface area contributed by atoms with Crippen molar-refractivity contribution < 1.29 is 18.0 Å². The maximum Gasteiger partial charge on any atom is 0.367 e. The fraction of sp³-hybridized carbons (Fsp3) is 0.167. The molecule has 25 heavy (non-hydrogen) atoms. The van der Waals surface area contributed by atoms with E-state index in [1.54, 1.807) is 24.3 Å². The number of hydrogen-bond acceptors (Lipinski definition) is 6. The Morgan fingerprint density at radius 1 is 1.04 bits per heavy atom. The molecule has 0 amide bonds. The van der Waals surface area contributed by atoms with E-state index in [1.807, 2.05) is 38.1 Å². The monoisotopic (exact) mass is 377 g/mol. The molecule has 0 radical (unpaired) electrons. The molecule has 0 saturated carbocycles. The zero-order chi connectivity index (χ0) is 18.4. The van der Waals surface area contributed by atoms with Gasteiger partial charge in [0.25, 0.3) is 0 Å². The lowest BCUT2D eigenvalue weighted by Crippen LogP contribution is -2.14. The van der Waals surface area contributed by atoms with Gasteiger partial charge in [0.1, 0.15) is 0 Å². The van der Waals surface area contributed by atoms with Crippen molar-refractivity contribution in [1.29, 1.82) is 0 Å². The smallest absolute Gasteiger partial charge is 0.367 e. The summed E-state index contributed by atoms with van der Waals surface area (Å²) in [5.41, 5.74) is 2.12. The Bertz CT molecular complexity index is 870. The van der Waals surface area contributed by atoms with Gasteiger partial charge in [-0.1, -0.05) is 52.3 Å². The van der Waals surface area contributed by atoms with Gasteiger partial charge in [0.05, 0.1) is 12.0 Å². The average Bonchev–Trinajstić information content (AvgIpc) is 2.60. The maximum absolute atomic E-state index is 12.6. The van der Waals surface area contributed by atoms with Crippen LogP contribution < -0.4 is 0 Å². The zero-order valence-corrected chi connectivity index (χ0v) is 15.9. The number of thioether (sulfide) groups is 1. The number of methoxy groups -OCH3 is 1. The Morgan fingerprint density at radius 3 is 2.08 bits per heavy atom. The molecule has 132 valence electrons.